The monoisotopic (exact) mass is 271 g/mol. The molecule has 2 rings (SSSR count). The molecule has 0 unspecified atom stereocenters. The fourth-order valence-corrected chi connectivity index (χ4v) is 2.37. The summed E-state index contributed by atoms with van der Waals surface area (Å²) in [7, 11) is 0. The fourth-order valence-electron chi connectivity index (χ4n) is 1.98. The van der Waals surface area contributed by atoms with Crippen LogP contribution in [0.5, 0.6) is 0 Å². The van der Waals surface area contributed by atoms with Gasteiger partial charge < -0.3 is 15.2 Å². The Morgan fingerprint density at radius 2 is 2.20 bits per heavy atom. The van der Waals surface area contributed by atoms with Crippen molar-refractivity contribution in [2.24, 2.45) is 0 Å². The first-order valence-electron chi connectivity index (χ1n) is 5.60. The summed E-state index contributed by atoms with van der Waals surface area (Å²) in [6, 6.07) is 2.11. The predicted octanol–water partition coefficient (Wildman–Crippen LogP) is 1.96. The zero-order valence-electron chi connectivity index (χ0n) is 8.93. The van der Waals surface area contributed by atoms with Crippen LogP contribution in [0.3, 0.4) is 0 Å². The molecule has 15 heavy (non-hydrogen) atoms. The SMILES string of the molecule is Brc1c[nH]c(CNCCN2CCCC2)c1. The molecule has 0 radical (unpaired) electrons. The molecule has 1 saturated heterocycles. The van der Waals surface area contributed by atoms with Gasteiger partial charge in [0.2, 0.25) is 0 Å². The molecule has 1 aromatic rings. The Bertz CT molecular complexity index is 292. The van der Waals surface area contributed by atoms with E-state index in [1.165, 1.54) is 38.2 Å². The fraction of sp³-hybridized carbons (Fsp3) is 0.636. The molecule has 1 fully saturated rings. The molecule has 4 heteroatoms. The van der Waals surface area contributed by atoms with Gasteiger partial charge in [-0.3, -0.25) is 0 Å². The minimum Gasteiger partial charge on any atom is -0.363 e. The molecule has 0 atom stereocenters. The zero-order chi connectivity index (χ0) is 10.5. The van der Waals surface area contributed by atoms with Gasteiger partial charge >= 0.3 is 0 Å². The average molecular weight is 272 g/mol. The minimum atomic E-state index is 0.930. The van der Waals surface area contributed by atoms with Gasteiger partial charge in [-0.15, -0.1) is 0 Å². The molecule has 1 aliphatic heterocycles. The second-order valence-corrected chi connectivity index (χ2v) is 4.98. The van der Waals surface area contributed by atoms with Gasteiger partial charge in [-0.2, -0.15) is 0 Å². The largest absolute Gasteiger partial charge is 0.363 e. The number of H-pyrrole nitrogens is 1. The molecule has 3 nitrogen and oxygen atoms in total. The van der Waals surface area contributed by atoms with E-state index in [1.54, 1.807) is 0 Å². The average Bonchev–Trinajstić information content (AvgIpc) is 2.84. The Morgan fingerprint density at radius 3 is 2.87 bits per heavy atom. The highest BCUT2D eigenvalue weighted by molar-refractivity contribution is 9.10. The Labute approximate surface area is 99.4 Å². The van der Waals surface area contributed by atoms with Crippen LogP contribution in [0.15, 0.2) is 16.7 Å². The molecule has 0 aliphatic carbocycles. The molecule has 0 amide bonds. The van der Waals surface area contributed by atoms with E-state index in [-0.39, 0.29) is 0 Å². The maximum absolute atomic E-state index is 3.45. The Morgan fingerprint density at radius 1 is 1.40 bits per heavy atom. The first-order chi connectivity index (χ1) is 7.34. The molecule has 1 aromatic heterocycles. The first kappa shape index (κ1) is 11.2. The molecular weight excluding hydrogens is 254 g/mol. The van der Waals surface area contributed by atoms with Crippen LogP contribution in [0.1, 0.15) is 18.5 Å². The minimum absolute atomic E-state index is 0.930. The van der Waals surface area contributed by atoms with Crippen molar-refractivity contribution >= 4 is 15.9 Å². The number of aromatic amines is 1. The molecular formula is C11H18BrN3. The van der Waals surface area contributed by atoms with Crippen molar-refractivity contribution < 1.29 is 0 Å². The number of halogens is 1. The quantitative estimate of drug-likeness (QED) is 0.803. The smallest absolute Gasteiger partial charge is 0.0358 e. The highest BCUT2D eigenvalue weighted by Gasteiger charge is 2.09. The van der Waals surface area contributed by atoms with Crippen molar-refractivity contribution in [3.05, 3.63) is 22.4 Å². The Kier molecular flexibility index (Phi) is 4.23. The number of likely N-dealkylation sites (tertiary alicyclic amines) is 1. The van der Waals surface area contributed by atoms with Crippen LogP contribution in [-0.4, -0.2) is 36.1 Å². The zero-order valence-corrected chi connectivity index (χ0v) is 10.5. The molecule has 0 bridgehead atoms. The van der Waals surface area contributed by atoms with Gasteiger partial charge in [0.1, 0.15) is 0 Å². The second-order valence-electron chi connectivity index (χ2n) is 4.07. The van der Waals surface area contributed by atoms with E-state index in [4.69, 9.17) is 0 Å². The molecule has 84 valence electrons. The standard InChI is InChI=1S/C11H18BrN3/c12-10-7-11(14-8-10)9-13-3-6-15-4-1-2-5-15/h7-8,13-14H,1-6,9H2. The highest BCUT2D eigenvalue weighted by atomic mass is 79.9. The molecule has 0 spiro atoms. The van der Waals surface area contributed by atoms with Gasteiger partial charge in [-0.25, -0.2) is 0 Å². The summed E-state index contributed by atoms with van der Waals surface area (Å²) in [5.74, 6) is 0. The van der Waals surface area contributed by atoms with E-state index in [2.05, 4.69) is 37.2 Å². The van der Waals surface area contributed by atoms with E-state index in [9.17, 15) is 0 Å². The maximum Gasteiger partial charge on any atom is 0.0358 e. The van der Waals surface area contributed by atoms with Gasteiger partial charge in [0.15, 0.2) is 0 Å². The molecule has 1 aliphatic rings. The highest BCUT2D eigenvalue weighted by Crippen LogP contribution is 2.10. The van der Waals surface area contributed by atoms with Gasteiger partial charge in [-0.1, -0.05) is 0 Å². The lowest BCUT2D eigenvalue weighted by Gasteiger charge is -2.14. The lowest BCUT2D eigenvalue weighted by Crippen LogP contribution is -2.29. The number of aromatic nitrogens is 1. The summed E-state index contributed by atoms with van der Waals surface area (Å²) < 4.78 is 1.12. The van der Waals surface area contributed by atoms with Crippen LogP contribution in [-0.2, 0) is 6.54 Å². The van der Waals surface area contributed by atoms with E-state index in [1.807, 2.05) is 6.20 Å². The van der Waals surface area contributed by atoms with E-state index in [0.717, 1.165) is 17.6 Å². The third-order valence-corrected chi connectivity index (χ3v) is 3.28. The number of nitrogens with one attached hydrogen (secondary N) is 2. The van der Waals surface area contributed by atoms with Crippen molar-refractivity contribution in [1.29, 1.82) is 0 Å². The third kappa shape index (κ3) is 3.63. The second kappa shape index (κ2) is 5.68. The van der Waals surface area contributed by atoms with Crippen molar-refractivity contribution in [2.45, 2.75) is 19.4 Å². The number of rotatable bonds is 5. The predicted molar refractivity (Wildman–Crippen MR) is 65.9 cm³/mol. The number of hydrogen-bond acceptors (Lipinski definition) is 2. The summed E-state index contributed by atoms with van der Waals surface area (Å²) in [5.41, 5.74) is 1.24. The van der Waals surface area contributed by atoms with Crippen molar-refractivity contribution in [3.8, 4) is 0 Å². The van der Waals surface area contributed by atoms with Gasteiger partial charge in [0.05, 0.1) is 0 Å². The molecule has 2 heterocycles. The maximum atomic E-state index is 3.45. The van der Waals surface area contributed by atoms with Crippen molar-refractivity contribution in [1.82, 2.24) is 15.2 Å². The van der Waals surface area contributed by atoms with Gasteiger partial charge in [-0.05, 0) is 47.9 Å². The van der Waals surface area contributed by atoms with Gasteiger partial charge in [0, 0.05) is 36.0 Å². The molecule has 2 N–H and O–H groups in total. The molecule has 0 saturated carbocycles. The summed E-state index contributed by atoms with van der Waals surface area (Å²) in [4.78, 5) is 5.74. The van der Waals surface area contributed by atoms with E-state index in [0.29, 0.717) is 0 Å². The van der Waals surface area contributed by atoms with Crippen molar-refractivity contribution in [2.75, 3.05) is 26.2 Å². The van der Waals surface area contributed by atoms with E-state index >= 15 is 0 Å². The first-order valence-corrected chi connectivity index (χ1v) is 6.40. The normalized spacial score (nSPS) is 17.4. The lowest BCUT2D eigenvalue weighted by molar-refractivity contribution is 0.335. The van der Waals surface area contributed by atoms with Crippen molar-refractivity contribution in [3.63, 3.8) is 0 Å². The van der Waals surface area contributed by atoms with Crippen LogP contribution in [0.4, 0.5) is 0 Å². The summed E-state index contributed by atoms with van der Waals surface area (Å²) in [6.07, 6.45) is 4.73. The summed E-state index contributed by atoms with van der Waals surface area (Å²) >= 11 is 3.43. The van der Waals surface area contributed by atoms with Crippen LogP contribution < -0.4 is 5.32 Å². The Balaban J connectivity index is 1.58. The lowest BCUT2D eigenvalue weighted by atomic mass is 10.4. The molecule has 0 aromatic carbocycles. The number of hydrogen-bond donors (Lipinski definition) is 2. The van der Waals surface area contributed by atoms with Crippen LogP contribution in [0.2, 0.25) is 0 Å². The number of nitrogens with zero attached hydrogens (tertiary/aromatic N) is 1. The third-order valence-electron chi connectivity index (χ3n) is 2.83. The van der Waals surface area contributed by atoms with Crippen LogP contribution >= 0.6 is 15.9 Å². The summed E-state index contributed by atoms with van der Waals surface area (Å²) in [6.45, 7) is 5.77. The van der Waals surface area contributed by atoms with Crippen LogP contribution in [0, 0.1) is 0 Å². The summed E-state index contributed by atoms with van der Waals surface area (Å²) in [5, 5.41) is 3.45. The Hall–Kier alpha value is -0.320. The van der Waals surface area contributed by atoms with Crippen LogP contribution in [0.25, 0.3) is 0 Å². The topological polar surface area (TPSA) is 31.1 Å². The van der Waals surface area contributed by atoms with Gasteiger partial charge in [0.25, 0.3) is 0 Å². The van der Waals surface area contributed by atoms with E-state index < -0.39 is 0 Å².